The first-order valence-electron chi connectivity index (χ1n) is 14.4. The van der Waals surface area contributed by atoms with E-state index in [0.29, 0.717) is 0 Å². The van der Waals surface area contributed by atoms with Gasteiger partial charge in [0.25, 0.3) is 0 Å². The van der Waals surface area contributed by atoms with Gasteiger partial charge in [-0.25, -0.2) is 0 Å². The number of ether oxygens (including phenoxy) is 2. The molecule has 5 aromatic carbocycles. The van der Waals surface area contributed by atoms with Gasteiger partial charge in [0.15, 0.2) is 0 Å². The highest BCUT2D eigenvalue weighted by atomic mass is 31.1. The zero-order chi connectivity index (χ0) is 28.9. The number of hydrogen-bond acceptors (Lipinski definition) is 4. The van der Waals surface area contributed by atoms with E-state index in [0.717, 1.165) is 67.4 Å². The minimum atomic E-state index is -0.929. The fourth-order valence-corrected chi connectivity index (χ4v) is 9.39. The van der Waals surface area contributed by atoms with E-state index in [-0.39, 0.29) is 5.66 Å². The van der Waals surface area contributed by atoms with Crippen LogP contribution in [0.2, 0.25) is 0 Å². The zero-order valence-electron chi connectivity index (χ0n) is 23.9. The molecule has 210 valence electrons. The summed E-state index contributed by atoms with van der Waals surface area (Å²) in [7, 11) is 2.56. The molecule has 0 radical (unpaired) electrons. The van der Waals surface area contributed by atoms with E-state index in [4.69, 9.17) is 18.3 Å². The van der Waals surface area contributed by atoms with E-state index in [2.05, 4.69) is 84.9 Å². The molecule has 0 amide bonds. The van der Waals surface area contributed by atoms with Crippen LogP contribution in [0.3, 0.4) is 0 Å². The van der Waals surface area contributed by atoms with Crippen molar-refractivity contribution in [3.8, 4) is 5.75 Å². The summed E-state index contributed by atoms with van der Waals surface area (Å²) in [5.41, 5.74) is 5.98. The first-order valence-corrected chi connectivity index (χ1v) is 15.8. The fourth-order valence-electron chi connectivity index (χ4n) is 6.50. The second-order valence-electron chi connectivity index (χ2n) is 10.8. The van der Waals surface area contributed by atoms with Crippen molar-refractivity contribution in [2.24, 2.45) is 0 Å². The maximum atomic E-state index is 6.23. The van der Waals surface area contributed by atoms with Crippen LogP contribution in [0.25, 0.3) is 49.5 Å². The van der Waals surface area contributed by atoms with Crippen molar-refractivity contribution in [2.45, 2.75) is 12.1 Å². The topological polar surface area (TPSA) is 44.7 Å². The van der Waals surface area contributed by atoms with E-state index in [1.54, 1.807) is 14.2 Å². The van der Waals surface area contributed by atoms with Crippen molar-refractivity contribution in [3.05, 3.63) is 133 Å². The Kier molecular flexibility index (Phi) is 6.31. The Labute approximate surface area is 250 Å². The lowest BCUT2D eigenvalue weighted by Crippen LogP contribution is -2.25. The molecule has 8 rings (SSSR count). The van der Waals surface area contributed by atoms with Gasteiger partial charge in [0.2, 0.25) is 0 Å². The first kappa shape index (κ1) is 25.9. The van der Waals surface area contributed by atoms with Crippen LogP contribution in [0, 0.1) is 0 Å². The maximum absolute atomic E-state index is 6.23. The van der Waals surface area contributed by atoms with Gasteiger partial charge >= 0.3 is 0 Å². The monoisotopic (exact) mass is 580 g/mol. The van der Waals surface area contributed by atoms with E-state index < -0.39 is 7.92 Å². The summed E-state index contributed by atoms with van der Waals surface area (Å²) in [4.78, 5) is 0. The van der Waals surface area contributed by atoms with Crippen molar-refractivity contribution in [3.63, 3.8) is 0 Å². The van der Waals surface area contributed by atoms with Gasteiger partial charge in [-0.3, -0.25) is 0 Å². The Morgan fingerprint density at radius 3 is 1.77 bits per heavy atom. The second-order valence-corrected chi connectivity index (χ2v) is 13.2. The van der Waals surface area contributed by atoms with Gasteiger partial charge in [0.05, 0.1) is 14.2 Å². The van der Waals surface area contributed by atoms with E-state index >= 15 is 0 Å². The van der Waals surface area contributed by atoms with Crippen molar-refractivity contribution in [1.29, 1.82) is 0 Å². The summed E-state index contributed by atoms with van der Waals surface area (Å²) in [6.45, 7) is 0. The van der Waals surface area contributed by atoms with Crippen molar-refractivity contribution >= 4 is 68.0 Å². The van der Waals surface area contributed by atoms with Crippen LogP contribution < -0.4 is 15.3 Å². The largest absolute Gasteiger partial charge is 0.496 e. The van der Waals surface area contributed by atoms with Gasteiger partial charge in [-0.2, -0.15) is 0 Å². The van der Waals surface area contributed by atoms with Crippen molar-refractivity contribution < 1.29 is 18.3 Å². The molecule has 4 nitrogen and oxygen atoms in total. The molecule has 0 bridgehead atoms. The molecular weight excluding hydrogens is 551 g/mol. The molecule has 1 atom stereocenters. The second kappa shape index (κ2) is 10.5. The molecule has 0 saturated heterocycles. The number of para-hydroxylation sites is 3. The molecule has 0 saturated carbocycles. The molecule has 2 heterocycles. The molecule has 0 fully saturated rings. The molecule has 5 heteroatoms. The minimum absolute atomic E-state index is 0.137. The number of fused-ring (bicyclic) bond motifs is 6. The molecule has 2 aromatic heterocycles. The fraction of sp³-hybridized carbons (Fsp3) is 0.105. The quantitative estimate of drug-likeness (QED) is 0.184. The number of furan rings is 2. The SMILES string of the molecule is COC1=C(c2ccccc2OC)C(P(c2ccc3oc4ccccc4c3c2)c2ccc3oc4ccccc4c3c2)CC=C1. The average Bonchev–Trinajstić information content (AvgIpc) is 3.62. The van der Waals surface area contributed by atoms with Gasteiger partial charge in [-0.05, 0) is 73.5 Å². The lowest BCUT2D eigenvalue weighted by molar-refractivity contribution is 0.306. The number of rotatable bonds is 6. The molecule has 0 spiro atoms. The minimum Gasteiger partial charge on any atom is -0.496 e. The third kappa shape index (κ3) is 4.25. The molecule has 0 N–H and O–H groups in total. The van der Waals surface area contributed by atoms with Crippen LogP contribution in [-0.4, -0.2) is 19.9 Å². The Morgan fingerprint density at radius 2 is 1.16 bits per heavy atom. The van der Waals surface area contributed by atoms with E-state index in [9.17, 15) is 0 Å². The van der Waals surface area contributed by atoms with Crippen LogP contribution in [0.5, 0.6) is 5.75 Å². The number of hydrogen-bond donors (Lipinski definition) is 0. The summed E-state index contributed by atoms with van der Waals surface area (Å²) in [5.74, 6) is 1.72. The summed E-state index contributed by atoms with van der Waals surface area (Å²) in [6.07, 6.45) is 5.22. The third-order valence-corrected chi connectivity index (χ3v) is 11.2. The lowest BCUT2D eigenvalue weighted by Gasteiger charge is -2.33. The van der Waals surface area contributed by atoms with Gasteiger partial charge in [-0.1, -0.05) is 72.8 Å². The Bertz CT molecular complexity index is 2100. The highest BCUT2D eigenvalue weighted by molar-refractivity contribution is 7.74. The predicted molar refractivity (Wildman–Crippen MR) is 178 cm³/mol. The normalized spacial score (nSPS) is 15.4. The van der Waals surface area contributed by atoms with Crippen molar-refractivity contribution in [2.75, 3.05) is 14.2 Å². The number of benzene rings is 5. The Hall–Kier alpha value is -4.79. The lowest BCUT2D eigenvalue weighted by atomic mass is 9.94. The Balaban J connectivity index is 1.39. The van der Waals surface area contributed by atoms with Crippen molar-refractivity contribution in [1.82, 2.24) is 0 Å². The summed E-state index contributed by atoms with van der Waals surface area (Å²) < 4.78 is 24.4. The highest BCUT2D eigenvalue weighted by Crippen LogP contribution is 2.52. The third-order valence-electron chi connectivity index (χ3n) is 8.43. The Morgan fingerprint density at radius 1 is 0.605 bits per heavy atom. The van der Waals surface area contributed by atoms with E-state index in [1.807, 2.05) is 36.4 Å². The number of methoxy groups -OCH3 is 2. The van der Waals surface area contributed by atoms with Gasteiger partial charge in [-0.15, -0.1) is 0 Å². The molecule has 1 unspecified atom stereocenters. The summed E-state index contributed by atoms with van der Waals surface area (Å²) >= 11 is 0. The first-order chi connectivity index (χ1) is 21.2. The molecule has 7 aromatic rings. The zero-order valence-corrected chi connectivity index (χ0v) is 24.8. The van der Waals surface area contributed by atoms with Crippen LogP contribution >= 0.6 is 7.92 Å². The molecule has 0 aliphatic heterocycles. The van der Waals surface area contributed by atoms with Gasteiger partial charge < -0.3 is 18.3 Å². The average molecular weight is 581 g/mol. The molecule has 1 aliphatic carbocycles. The standard InChI is InChI=1S/C38H29O4P/c1-39-31-13-6-5-12-28(31)38-36(40-2)16-9-17-37(38)43(24-18-20-34-29(22-24)26-10-3-7-14-32(26)41-34)25-19-21-35-30(23-25)27-11-4-8-15-33(27)42-35/h3-16,18-23,37H,17H2,1-2H3. The predicted octanol–water partition coefficient (Wildman–Crippen LogP) is 9.31. The van der Waals surface area contributed by atoms with Gasteiger partial charge in [0, 0.05) is 38.3 Å². The smallest absolute Gasteiger partial charge is 0.135 e. The molecule has 43 heavy (non-hydrogen) atoms. The number of allylic oxidation sites excluding steroid dienone is 3. The highest BCUT2D eigenvalue weighted by Gasteiger charge is 2.34. The molecular formula is C38H29O4P. The maximum Gasteiger partial charge on any atom is 0.135 e. The van der Waals surface area contributed by atoms with Crippen LogP contribution in [0.1, 0.15) is 12.0 Å². The summed E-state index contributed by atoms with van der Waals surface area (Å²) in [6, 6.07) is 38.3. The van der Waals surface area contributed by atoms with Gasteiger partial charge in [0.1, 0.15) is 33.8 Å². The van der Waals surface area contributed by atoms with Crippen LogP contribution in [-0.2, 0) is 4.74 Å². The van der Waals surface area contributed by atoms with Crippen LogP contribution in [0.4, 0.5) is 0 Å². The summed E-state index contributed by atoms with van der Waals surface area (Å²) in [5, 5.41) is 7.10. The van der Waals surface area contributed by atoms with E-state index in [1.165, 1.54) is 16.2 Å². The molecule has 1 aliphatic rings. The van der Waals surface area contributed by atoms with Crippen LogP contribution in [0.15, 0.2) is 136 Å².